The van der Waals surface area contributed by atoms with E-state index in [4.69, 9.17) is 9.47 Å². The lowest BCUT2D eigenvalue weighted by Gasteiger charge is -2.21. The second-order valence-electron chi connectivity index (χ2n) is 6.49. The van der Waals surface area contributed by atoms with Crippen molar-refractivity contribution < 1.29 is 24.2 Å². The molecule has 1 aromatic heterocycles. The lowest BCUT2D eigenvalue weighted by Crippen LogP contribution is -2.39. The molecule has 25 heavy (non-hydrogen) atoms. The molecule has 2 aromatic rings. The van der Waals surface area contributed by atoms with Crippen LogP contribution < -0.4 is 9.64 Å². The third-order valence-corrected chi connectivity index (χ3v) is 6.26. The fourth-order valence-electron chi connectivity index (χ4n) is 4.08. The van der Waals surface area contributed by atoms with Crippen LogP contribution in [0, 0.1) is 11.8 Å². The van der Waals surface area contributed by atoms with Crippen LogP contribution in [0.25, 0.3) is 10.2 Å². The molecule has 4 atom stereocenters. The van der Waals surface area contributed by atoms with E-state index in [1.807, 2.05) is 24.3 Å². The second kappa shape index (κ2) is 4.80. The Morgan fingerprint density at radius 2 is 2.36 bits per heavy atom. The first kappa shape index (κ1) is 14.9. The summed E-state index contributed by atoms with van der Waals surface area (Å²) in [6.45, 7) is 0.296. The first-order valence-corrected chi connectivity index (χ1v) is 8.70. The molecule has 7 nitrogen and oxygen atoms in total. The summed E-state index contributed by atoms with van der Waals surface area (Å²) in [4.78, 5) is 30.7. The summed E-state index contributed by atoms with van der Waals surface area (Å²) < 4.78 is 12.0. The van der Waals surface area contributed by atoms with Crippen LogP contribution in [0.1, 0.15) is 0 Å². The van der Waals surface area contributed by atoms with E-state index in [9.17, 15) is 14.7 Å². The number of thiazole rings is 1. The molecule has 5 rings (SSSR count). The highest BCUT2D eigenvalue weighted by molar-refractivity contribution is 7.22. The van der Waals surface area contributed by atoms with Crippen LogP contribution in [0.3, 0.4) is 0 Å². The number of benzene rings is 1. The van der Waals surface area contributed by atoms with Gasteiger partial charge in [0.25, 0.3) is 0 Å². The van der Waals surface area contributed by atoms with Gasteiger partial charge in [-0.05, 0) is 12.1 Å². The molecular weight excluding hydrogens is 344 g/mol. The van der Waals surface area contributed by atoms with Crippen LogP contribution in [0.2, 0.25) is 0 Å². The number of methoxy groups -OCH3 is 1. The van der Waals surface area contributed by atoms with Gasteiger partial charge in [0.2, 0.25) is 5.91 Å². The van der Waals surface area contributed by atoms with Crippen LogP contribution in [0.5, 0.6) is 5.75 Å². The van der Waals surface area contributed by atoms with E-state index in [0.29, 0.717) is 17.4 Å². The molecular formula is C17H14N2O5S. The summed E-state index contributed by atoms with van der Waals surface area (Å²) in [6, 6.07) is 5.56. The van der Waals surface area contributed by atoms with E-state index in [1.54, 1.807) is 18.1 Å². The third-order valence-electron chi connectivity index (χ3n) is 5.20. The molecule has 1 spiro atoms. The Labute approximate surface area is 146 Å². The molecule has 2 bridgehead atoms. The van der Waals surface area contributed by atoms with Gasteiger partial charge in [-0.1, -0.05) is 23.5 Å². The molecule has 1 aromatic carbocycles. The maximum Gasteiger partial charge on any atom is 0.310 e. The Bertz CT molecular complexity index is 954. The number of rotatable bonds is 3. The van der Waals surface area contributed by atoms with Gasteiger partial charge >= 0.3 is 5.97 Å². The summed E-state index contributed by atoms with van der Waals surface area (Å²) >= 11 is 1.40. The Hall–Kier alpha value is -2.45. The maximum absolute atomic E-state index is 13.0. The molecule has 2 saturated heterocycles. The number of fused-ring (bicyclic) bond motifs is 2. The molecule has 3 aliphatic rings. The van der Waals surface area contributed by atoms with Gasteiger partial charge in [0.05, 0.1) is 35.9 Å². The molecule has 3 aliphatic heterocycles. The molecule has 1 amide bonds. The molecule has 8 heteroatoms. The van der Waals surface area contributed by atoms with Crippen molar-refractivity contribution in [2.24, 2.45) is 11.8 Å². The van der Waals surface area contributed by atoms with Crippen molar-refractivity contribution in [3.8, 4) is 5.75 Å². The van der Waals surface area contributed by atoms with Crippen molar-refractivity contribution in [1.82, 2.24) is 4.98 Å². The number of nitrogens with zero attached hydrogens (tertiary/aromatic N) is 2. The van der Waals surface area contributed by atoms with Crippen molar-refractivity contribution in [2.75, 3.05) is 18.6 Å². The highest BCUT2D eigenvalue weighted by Gasteiger charge is 2.67. The standard InChI is InChI=1S/C17H14N2O5S/c1-23-8-2-3-11-9(6-8)18-16(25-11)19-7-17-5-4-10(24-17)12(15(21)22)13(17)14(19)20/h2-6,10,12-13H,7H2,1H3,(H,21,22)/t10-,12-,13+,17-/m1/s1. The normalized spacial score (nSPS) is 32.6. The van der Waals surface area contributed by atoms with Gasteiger partial charge in [0.15, 0.2) is 5.13 Å². The fraction of sp³-hybridized carbons (Fsp3) is 0.353. The largest absolute Gasteiger partial charge is 0.497 e. The lowest BCUT2D eigenvalue weighted by atomic mass is 9.77. The monoisotopic (exact) mass is 358 g/mol. The molecule has 1 N–H and O–H groups in total. The second-order valence-corrected chi connectivity index (χ2v) is 7.50. The smallest absolute Gasteiger partial charge is 0.310 e. The molecule has 128 valence electrons. The van der Waals surface area contributed by atoms with E-state index in [1.165, 1.54) is 11.3 Å². The molecule has 0 unspecified atom stereocenters. The van der Waals surface area contributed by atoms with E-state index in [-0.39, 0.29) is 5.91 Å². The predicted molar refractivity (Wildman–Crippen MR) is 89.9 cm³/mol. The number of aromatic nitrogens is 1. The van der Waals surface area contributed by atoms with Gasteiger partial charge in [-0.15, -0.1) is 0 Å². The molecule has 2 fully saturated rings. The average Bonchev–Trinajstić information content (AvgIpc) is 3.32. The number of carboxylic acid groups (broad SMARTS) is 1. The van der Waals surface area contributed by atoms with Gasteiger partial charge in [0.1, 0.15) is 17.3 Å². The van der Waals surface area contributed by atoms with Gasteiger partial charge < -0.3 is 14.6 Å². The minimum absolute atomic E-state index is 0.231. The van der Waals surface area contributed by atoms with E-state index in [0.717, 1.165) is 10.2 Å². The SMILES string of the molecule is COc1ccc2sc(N3C[C@@]45C=C[C@@H](O4)[C@@H](C(=O)O)[C@H]5C3=O)nc2c1. The molecule has 0 radical (unpaired) electrons. The highest BCUT2D eigenvalue weighted by atomic mass is 32.1. The quantitative estimate of drug-likeness (QED) is 0.840. The third kappa shape index (κ3) is 1.86. The fourth-order valence-corrected chi connectivity index (χ4v) is 5.03. The van der Waals surface area contributed by atoms with Gasteiger partial charge in [-0.2, -0.15) is 0 Å². The topological polar surface area (TPSA) is 89.0 Å². The number of carbonyl (C=O) groups excluding carboxylic acids is 1. The zero-order valence-electron chi connectivity index (χ0n) is 13.2. The number of carboxylic acids is 1. The summed E-state index contributed by atoms with van der Waals surface area (Å²) in [6.07, 6.45) is 3.08. The Morgan fingerprint density at radius 1 is 1.52 bits per heavy atom. The van der Waals surface area contributed by atoms with Crippen LogP contribution in [0.4, 0.5) is 5.13 Å². The van der Waals surface area contributed by atoms with Crippen molar-refractivity contribution in [3.05, 3.63) is 30.4 Å². The van der Waals surface area contributed by atoms with Crippen molar-refractivity contribution in [1.29, 1.82) is 0 Å². The first-order valence-electron chi connectivity index (χ1n) is 7.88. The van der Waals surface area contributed by atoms with E-state index >= 15 is 0 Å². The van der Waals surface area contributed by atoms with Crippen LogP contribution >= 0.6 is 11.3 Å². The average molecular weight is 358 g/mol. The highest BCUT2D eigenvalue weighted by Crippen LogP contribution is 2.53. The summed E-state index contributed by atoms with van der Waals surface area (Å²) in [5, 5.41) is 10.1. The molecule has 0 aliphatic carbocycles. The Kier molecular flexibility index (Phi) is 2.85. The van der Waals surface area contributed by atoms with Crippen LogP contribution in [0.15, 0.2) is 30.4 Å². The Morgan fingerprint density at radius 3 is 3.12 bits per heavy atom. The van der Waals surface area contributed by atoms with Gasteiger partial charge in [-0.3, -0.25) is 14.5 Å². The Balaban J connectivity index is 1.55. The number of hydrogen-bond acceptors (Lipinski definition) is 6. The predicted octanol–water partition coefficient (Wildman–Crippen LogP) is 1.68. The number of ether oxygens (including phenoxy) is 2. The number of aliphatic carboxylic acids is 1. The van der Waals surface area contributed by atoms with E-state index in [2.05, 4.69) is 4.98 Å². The van der Waals surface area contributed by atoms with Crippen LogP contribution in [-0.4, -0.2) is 47.3 Å². The number of amides is 1. The summed E-state index contributed by atoms with van der Waals surface area (Å²) in [7, 11) is 1.59. The van der Waals surface area contributed by atoms with Gasteiger partial charge in [-0.25, -0.2) is 4.98 Å². The summed E-state index contributed by atoms with van der Waals surface area (Å²) in [5.74, 6) is -2.06. The summed E-state index contributed by atoms with van der Waals surface area (Å²) in [5.41, 5.74) is -0.0994. The molecule has 0 saturated carbocycles. The van der Waals surface area contributed by atoms with Gasteiger partial charge in [0, 0.05) is 6.07 Å². The lowest BCUT2D eigenvalue weighted by molar-refractivity contribution is -0.146. The van der Waals surface area contributed by atoms with Crippen LogP contribution in [-0.2, 0) is 14.3 Å². The molecule has 4 heterocycles. The van der Waals surface area contributed by atoms with Crippen molar-refractivity contribution >= 4 is 38.6 Å². The minimum atomic E-state index is -0.995. The maximum atomic E-state index is 13.0. The van der Waals surface area contributed by atoms with Crippen molar-refractivity contribution in [3.63, 3.8) is 0 Å². The minimum Gasteiger partial charge on any atom is -0.497 e. The number of hydrogen-bond donors (Lipinski definition) is 1. The number of carbonyl (C=O) groups is 2. The first-order chi connectivity index (χ1) is 12.0. The van der Waals surface area contributed by atoms with Crippen molar-refractivity contribution in [2.45, 2.75) is 11.7 Å². The van der Waals surface area contributed by atoms with E-state index < -0.39 is 29.5 Å². The zero-order valence-corrected chi connectivity index (χ0v) is 14.0. The zero-order chi connectivity index (χ0) is 17.3. The number of anilines is 1.